The van der Waals surface area contributed by atoms with Crippen LogP contribution in [0, 0.1) is 17.2 Å². The van der Waals surface area contributed by atoms with Crippen molar-refractivity contribution >= 4 is 11.6 Å². The minimum atomic E-state index is -0.654. The van der Waals surface area contributed by atoms with Crippen LogP contribution in [-0.4, -0.2) is 25.7 Å². The van der Waals surface area contributed by atoms with Crippen LogP contribution in [0.25, 0.3) is 0 Å². The first kappa shape index (κ1) is 19.9. The molecule has 5 nitrogen and oxygen atoms in total. The highest BCUT2D eigenvalue weighted by atomic mass is 16.5. The lowest BCUT2D eigenvalue weighted by molar-refractivity contribution is -0.125. The molecule has 0 atom stereocenters. The summed E-state index contributed by atoms with van der Waals surface area (Å²) in [6.07, 6.45) is 1.22. The monoisotopic (exact) mass is 378 g/mol. The molecule has 0 bridgehead atoms. The molecule has 1 heterocycles. The Morgan fingerprint density at radius 2 is 1.93 bits per heavy atom. The molecule has 28 heavy (non-hydrogen) atoms. The van der Waals surface area contributed by atoms with Crippen molar-refractivity contribution in [3.8, 4) is 11.8 Å². The maximum Gasteiger partial charge on any atom is 0.235 e. The Morgan fingerprint density at radius 3 is 2.57 bits per heavy atom. The number of nitrogens with zero attached hydrogens (tertiary/aromatic N) is 1. The lowest BCUT2D eigenvalue weighted by atomic mass is 9.73. The number of hydrogen-bond donors (Lipinski definition) is 1. The van der Waals surface area contributed by atoms with Crippen LogP contribution in [0.2, 0.25) is 0 Å². The maximum atomic E-state index is 13.4. The first-order chi connectivity index (χ1) is 13.5. The van der Waals surface area contributed by atoms with Crippen LogP contribution in [0.5, 0.6) is 5.75 Å². The zero-order valence-electron chi connectivity index (χ0n) is 16.4. The second-order valence-corrected chi connectivity index (χ2v) is 7.54. The van der Waals surface area contributed by atoms with Gasteiger partial charge >= 0.3 is 0 Å². The van der Waals surface area contributed by atoms with Gasteiger partial charge in [-0.15, -0.1) is 0 Å². The van der Waals surface area contributed by atoms with Gasteiger partial charge in [0.2, 0.25) is 5.91 Å². The van der Waals surface area contributed by atoms with E-state index in [0.717, 1.165) is 5.56 Å². The van der Waals surface area contributed by atoms with E-state index in [1.54, 1.807) is 18.2 Å². The Morgan fingerprint density at radius 1 is 1.21 bits per heavy atom. The average Bonchev–Trinajstić information content (AvgIpc) is 2.74. The SMILES string of the molecule is CC(C)COc1ccc(NC(=O)C2(c3ccccc3)CCOCC2)c(C#N)c1. The molecule has 1 aliphatic rings. The summed E-state index contributed by atoms with van der Waals surface area (Å²) in [7, 11) is 0. The van der Waals surface area contributed by atoms with Crippen LogP contribution in [0.1, 0.15) is 37.8 Å². The van der Waals surface area contributed by atoms with E-state index in [0.29, 0.717) is 55.6 Å². The lowest BCUT2D eigenvalue weighted by Crippen LogP contribution is -2.44. The van der Waals surface area contributed by atoms with E-state index in [1.165, 1.54) is 0 Å². The van der Waals surface area contributed by atoms with Gasteiger partial charge in [0, 0.05) is 13.2 Å². The van der Waals surface area contributed by atoms with E-state index in [-0.39, 0.29) is 5.91 Å². The molecule has 1 amide bonds. The van der Waals surface area contributed by atoms with E-state index in [9.17, 15) is 10.1 Å². The van der Waals surface area contributed by atoms with Crippen LogP contribution < -0.4 is 10.1 Å². The van der Waals surface area contributed by atoms with Crippen molar-refractivity contribution in [2.75, 3.05) is 25.1 Å². The minimum Gasteiger partial charge on any atom is -0.493 e. The zero-order valence-corrected chi connectivity index (χ0v) is 16.4. The number of carbonyl (C=O) groups excluding carboxylic acids is 1. The van der Waals surface area contributed by atoms with Crippen molar-refractivity contribution in [2.24, 2.45) is 5.92 Å². The Bertz CT molecular complexity index is 850. The van der Waals surface area contributed by atoms with Gasteiger partial charge in [-0.3, -0.25) is 4.79 Å². The molecule has 0 saturated carbocycles. The topological polar surface area (TPSA) is 71.3 Å². The van der Waals surface area contributed by atoms with Gasteiger partial charge in [-0.25, -0.2) is 0 Å². The number of nitriles is 1. The van der Waals surface area contributed by atoms with Crippen molar-refractivity contribution < 1.29 is 14.3 Å². The molecule has 1 fully saturated rings. The Kier molecular flexibility index (Phi) is 6.33. The second kappa shape index (κ2) is 8.90. The molecule has 0 spiro atoms. The molecular weight excluding hydrogens is 352 g/mol. The molecule has 0 aliphatic carbocycles. The van der Waals surface area contributed by atoms with Gasteiger partial charge < -0.3 is 14.8 Å². The van der Waals surface area contributed by atoms with E-state index < -0.39 is 5.41 Å². The van der Waals surface area contributed by atoms with Crippen LogP contribution in [0.15, 0.2) is 48.5 Å². The number of ether oxygens (including phenoxy) is 2. The number of hydrogen-bond acceptors (Lipinski definition) is 4. The van der Waals surface area contributed by atoms with Crippen molar-refractivity contribution in [1.82, 2.24) is 0 Å². The van der Waals surface area contributed by atoms with Gasteiger partial charge in [0.05, 0.1) is 23.3 Å². The Balaban J connectivity index is 1.85. The highest BCUT2D eigenvalue weighted by molar-refractivity contribution is 6.00. The Labute approximate surface area is 166 Å². The predicted octanol–water partition coefficient (Wildman–Crippen LogP) is 4.28. The summed E-state index contributed by atoms with van der Waals surface area (Å²) in [6, 6.07) is 17.2. The zero-order chi connectivity index (χ0) is 20.0. The van der Waals surface area contributed by atoms with Gasteiger partial charge in [-0.05, 0) is 42.5 Å². The molecule has 1 saturated heterocycles. The minimum absolute atomic E-state index is 0.102. The van der Waals surface area contributed by atoms with Gasteiger partial charge in [-0.1, -0.05) is 44.2 Å². The number of benzene rings is 2. The summed E-state index contributed by atoms with van der Waals surface area (Å²) in [5, 5.41) is 12.5. The molecular formula is C23H26N2O3. The number of nitrogens with one attached hydrogen (secondary N) is 1. The lowest BCUT2D eigenvalue weighted by Gasteiger charge is -2.36. The highest BCUT2D eigenvalue weighted by Crippen LogP contribution is 2.36. The average molecular weight is 378 g/mol. The molecule has 0 unspecified atom stereocenters. The van der Waals surface area contributed by atoms with E-state index in [4.69, 9.17) is 9.47 Å². The number of rotatable bonds is 6. The molecule has 0 radical (unpaired) electrons. The van der Waals surface area contributed by atoms with Gasteiger partial charge in [-0.2, -0.15) is 5.26 Å². The van der Waals surface area contributed by atoms with Crippen molar-refractivity contribution in [2.45, 2.75) is 32.1 Å². The number of amides is 1. The molecule has 5 heteroatoms. The molecule has 1 aliphatic heterocycles. The van der Waals surface area contributed by atoms with E-state index >= 15 is 0 Å². The highest BCUT2D eigenvalue weighted by Gasteiger charge is 2.41. The van der Waals surface area contributed by atoms with Gasteiger partial charge in [0.15, 0.2) is 0 Å². The largest absolute Gasteiger partial charge is 0.493 e. The van der Waals surface area contributed by atoms with Crippen LogP contribution >= 0.6 is 0 Å². The first-order valence-corrected chi connectivity index (χ1v) is 9.67. The summed E-state index contributed by atoms with van der Waals surface area (Å²) in [5.74, 6) is 0.922. The van der Waals surface area contributed by atoms with Crippen molar-refractivity contribution in [3.05, 3.63) is 59.7 Å². The van der Waals surface area contributed by atoms with Crippen LogP contribution in [0.4, 0.5) is 5.69 Å². The molecule has 3 rings (SSSR count). The van der Waals surface area contributed by atoms with Gasteiger partial charge in [0.1, 0.15) is 11.8 Å². The smallest absolute Gasteiger partial charge is 0.235 e. The fraction of sp³-hybridized carbons (Fsp3) is 0.391. The standard InChI is InChI=1S/C23H26N2O3/c1-17(2)16-28-20-8-9-21(18(14-20)15-24)25-22(26)23(10-12-27-13-11-23)19-6-4-3-5-7-19/h3-9,14,17H,10-13,16H2,1-2H3,(H,25,26). The fourth-order valence-electron chi connectivity index (χ4n) is 3.44. The summed E-state index contributed by atoms with van der Waals surface area (Å²) < 4.78 is 11.2. The molecule has 1 N–H and O–H groups in total. The third-order valence-corrected chi connectivity index (χ3v) is 5.05. The third-order valence-electron chi connectivity index (χ3n) is 5.05. The van der Waals surface area contributed by atoms with Crippen LogP contribution in [-0.2, 0) is 14.9 Å². The predicted molar refractivity (Wildman–Crippen MR) is 108 cm³/mol. The summed E-state index contributed by atoms with van der Waals surface area (Å²) in [5.41, 5.74) is 1.22. The number of carbonyl (C=O) groups is 1. The van der Waals surface area contributed by atoms with Crippen molar-refractivity contribution in [3.63, 3.8) is 0 Å². The molecule has 2 aromatic carbocycles. The molecule has 146 valence electrons. The van der Waals surface area contributed by atoms with E-state index in [2.05, 4.69) is 25.2 Å². The normalized spacial score (nSPS) is 15.6. The summed E-state index contributed by atoms with van der Waals surface area (Å²) >= 11 is 0. The third kappa shape index (κ3) is 4.35. The molecule has 0 aromatic heterocycles. The quantitative estimate of drug-likeness (QED) is 0.814. The molecule has 2 aromatic rings. The van der Waals surface area contributed by atoms with Crippen LogP contribution in [0.3, 0.4) is 0 Å². The maximum absolute atomic E-state index is 13.4. The van der Waals surface area contributed by atoms with E-state index in [1.807, 2.05) is 30.3 Å². The summed E-state index contributed by atoms with van der Waals surface area (Å²) in [4.78, 5) is 13.4. The summed E-state index contributed by atoms with van der Waals surface area (Å²) in [6.45, 7) is 5.78. The Hall–Kier alpha value is -2.84. The van der Waals surface area contributed by atoms with Crippen molar-refractivity contribution in [1.29, 1.82) is 5.26 Å². The number of anilines is 1. The second-order valence-electron chi connectivity index (χ2n) is 7.54. The first-order valence-electron chi connectivity index (χ1n) is 9.67. The van der Waals surface area contributed by atoms with Gasteiger partial charge in [0.25, 0.3) is 0 Å². The fourth-order valence-corrected chi connectivity index (χ4v) is 3.44.